The summed E-state index contributed by atoms with van der Waals surface area (Å²) in [5.74, 6) is -2.40. The van der Waals surface area contributed by atoms with Gasteiger partial charge in [0.25, 0.3) is 0 Å². The van der Waals surface area contributed by atoms with Crippen molar-refractivity contribution in [1.82, 2.24) is 10.6 Å². The molecule has 0 heterocycles. The lowest BCUT2D eigenvalue weighted by Crippen LogP contribution is -2.59. The number of hydrogen-bond donors (Lipinski definition) is 8. The van der Waals surface area contributed by atoms with Crippen LogP contribution in [0.3, 0.4) is 0 Å². The molecule has 6 rings (SSSR count). The zero-order valence-corrected chi connectivity index (χ0v) is 41.8. The Kier molecular flexibility index (Phi) is 20.4. The number of ether oxygens (including phenoxy) is 2. The van der Waals surface area contributed by atoms with E-state index in [1.165, 1.54) is 11.1 Å². The fourth-order valence-corrected chi connectivity index (χ4v) is 12.8. The number of aliphatic hydroxyl groups is 2. The van der Waals surface area contributed by atoms with Gasteiger partial charge in [0.1, 0.15) is 0 Å². The number of aliphatic carboxylic acids is 2. The zero-order valence-electron chi connectivity index (χ0n) is 41.8. The van der Waals surface area contributed by atoms with Crippen LogP contribution in [0.4, 0.5) is 0 Å². The Morgan fingerprint density at radius 1 is 0.603 bits per heavy atom. The van der Waals surface area contributed by atoms with Gasteiger partial charge >= 0.3 is 11.9 Å². The Labute approximate surface area is 405 Å². The molecule has 14 nitrogen and oxygen atoms in total. The normalized spacial score (nSPS) is 27.1. The minimum atomic E-state index is -0.742. The van der Waals surface area contributed by atoms with Crippen molar-refractivity contribution in [1.29, 1.82) is 0 Å². The highest BCUT2D eigenvalue weighted by atomic mass is 16.5. The minimum Gasteiger partial charge on any atom is -0.481 e. The number of methoxy groups -OCH3 is 2. The van der Waals surface area contributed by atoms with Crippen LogP contribution in [0.2, 0.25) is 0 Å². The molecule has 68 heavy (non-hydrogen) atoms. The first-order valence-electron chi connectivity index (χ1n) is 25.7. The third-order valence-electron chi connectivity index (χ3n) is 17.0. The number of carbonyl (C=O) groups is 4. The monoisotopic (exact) mass is 949 g/mol. The molecule has 4 aliphatic rings. The number of amides is 2. The molecule has 0 aromatic heterocycles. The lowest BCUT2D eigenvalue weighted by atomic mass is 9.62. The number of carboxylic acid groups (broad SMARTS) is 2. The molecule has 380 valence electrons. The van der Waals surface area contributed by atoms with E-state index in [0.29, 0.717) is 61.7 Å². The highest BCUT2D eigenvalue weighted by molar-refractivity contribution is 5.93. The number of benzene rings is 2. The van der Waals surface area contributed by atoms with Crippen molar-refractivity contribution in [3.8, 4) is 0 Å². The molecular formula is C54H84N4O10. The van der Waals surface area contributed by atoms with Crippen molar-refractivity contribution in [2.24, 2.45) is 35.1 Å². The van der Waals surface area contributed by atoms with Gasteiger partial charge in [0, 0.05) is 61.1 Å². The minimum absolute atomic E-state index is 0.00222. The third-order valence-corrected chi connectivity index (χ3v) is 17.0. The first-order chi connectivity index (χ1) is 32.5. The molecule has 2 aromatic carbocycles. The quantitative estimate of drug-likeness (QED) is 0.0607. The third kappa shape index (κ3) is 12.9. The van der Waals surface area contributed by atoms with Crippen molar-refractivity contribution in [2.75, 3.05) is 27.3 Å². The summed E-state index contributed by atoms with van der Waals surface area (Å²) in [7, 11) is 3.46. The standard InChI is InChI=1S/2C27H42N2O5/c2*1-4-27(5-2)22-15-19(25(28)31)9-8-18(22)16-23(34-3)24(27)29-13-12-20(26(32)33)14-17-6-10-21(30)11-7-17/h2*8-9,15,17,20-21,23-24,29-30H,4-7,10-14,16H2,1-3H3,(H2,28,31)(H,32,33)/t2*17?,20?,21?,23?,24-/m11/s1. The Morgan fingerprint density at radius 2 is 0.941 bits per heavy atom. The number of primary amides is 2. The predicted molar refractivity (Wildman–Crippen MR) is 264 cm³/mol. The second-order valence-corrected chi connectivity index (χ2v) is 20.5. The predicted octanol–water partition coefficient (Wildman–Crippen LogP) is 6.81. The van der Waals surface area contributed by atoms with Crippen molar-refractivity contribution in [3.05, 3.63) is 69.8 Å². The van der Waals surface area contributed by atoms with Gasteiger partial charge in [0.05, 0.1) is 36.3 Å². The largest absolute Gasteiger partial charge is 0.481 e. The Hall–Kier alpha value is -3.92. The summed E-state index contributed by atoms with van der Waals surface area (Å²) in [4.78, 5) is 47.8. The molecule has 0 spiro atoms. The van der Waals surface area contributed by atoms with Gasteiger partial charge in [-0.15, -0.1) is 0 Å². The lowest BCUT2D eigenvalue weighted by molar-refractivity contribution is -0.143. The summed E-state index contributed by atoms with van der Waals surface area (Å²) in [6.07, 6.45) is 13.5. The molecule has 14 heteroatoms. The number of rotatable bonds is 22. The molecule has 10 N–H and O–H groups in total. The molecule has 0 saturated heterocycles. The molecular weight excluding hydrogens is 865 g/mol. The van der Waals surface area contributed by atoms with Crippen LogP contribution in [0.25, 0.3) is 0 Å². The van der Waals surface area contributed by atoms with Gasteiger partial charge in [-0.1, -0.05) is 39.8 Å². The first kappa shape index (κ1) is 55.0. The Morgan fingerprint density at radius 3 is 1.22 bits per heavy atom. The number of nitrogens with one attached hydrogen (secondary N) is 2. The van der Waals surface area contributed by atoms with Crippen molar-refractivity contribution < 1.29 is 49.1 Å². The first-order valence-corrected chi connectivity index (χ1v) is 25.7. The van der Waals surface area contributed by atoms with E-state index in [0.717, 1.165) is 101 Å². The summed E-state index contributed by atoms with van der Waals surface area (Å²) in [5.41, 5.74) is 16.4. The maximum absolute atomic E-state index is 12.0. The number of carboxylic acids is 2. The van der Waals surface area contributed by atoms with Crippen LogP contribution in [0.15, 0.2) is 36.4 Å². The van der Waals surface area contributed by atoms with E-state index in [4.69, 9.17) is 20.9 Å². The molecule has 0 bridgehead atoms. The maximum Gasteiger partial charge on any atom is 0.306 e. The number of nitrogens with two attached hydrogens (primary N) is 2. The van der Waals surface area contributed by atoms with Crippen LogP contribution in [-0.4, -0.2) is 108 Å². The molecule has 4 unspecified atom stereocenters. The summed E-state index contributed by atoms with van der Waals surface area (Å²) in [6.45, 7) is 9.82. The smallest absolute Gasteiger partial charge is 0.306 e. The second kappa shape index (κ2) is 25.3. The summed E-state index contributed by atoms with van der Waals surface area (Å²) in [5, 5.41) is 46.6. The highest BCUT2D eigenvalue weighted by Crippen LogP contribution is 2.46. The number of aliphatic hydroxyl groups excluding tert-OH is 2. The van der Waals surface area contributed by atoms with E-state index < -0.39 is 35.6 Å². The highest BCUT2D eigenvalue weighted by Gasteiger charge is 2.48. The summed E-state index contributed by atoms with van der Waals surface area (Å²) >= 11 is 0. The van der Waals surface area contributed by atoms with E-state index >= 15 is 0 Å². The van der Waals surface area contributed by atoms with Gasteiger partial charge in [-0.05, 0) is 174 Å². The molecule has 2 aromatic rings. The second-order valence-electron chi connectivity index (χ2n) is 20.5. The Balaban J connectivity index is 0.000000254. The number of hydrogen-bond acceptors (Lipinski definition) is 10. The average molecular weight is 949 g/mol. The topological polar surface area (TPSA) is 244 Å². The van der Waals surface area contributed by atoms with Crippen molar-refractivity contribution in [2.45, 2.75) is 191 Å². The van der Waals surface area contributed by atoms with E-state index in [1.54, 1.807) is 26.4 Å². The van der Waals surface area contributed by atoms with E-state index in [-0.39, 0.29) is 47.3 Å². The van der Waals surface area contributed by atoms with Gasteiger partial charge in [-0.2, -0.15) is 0 Å². The van der Waals surface area contributed by atoms with Crippen molar-refractivity contribution in [3.63, 3.8) is 0 Å². The maximum atomic E-state index is 12.0. The van der Waals surface area contributed by atoms with Crippen molar-refractivity contribution >= 4 is 23.8 Å². The van der Waals surface area contributed by atoms with Crippen LogP contribution in [-0.2, 0) is 42.7 Å². The van der Waals surface area contributed by atoms with E-state index in [2.05, 4.69) is 38.3 Å². The fourth-order valence-electron chi connectivity index (χ4n) is 12.8. The Bertz CT molecular complexity index is 1830. The van der Waals surface area contributed by atoms with Crippen LogP contribution in [0.1, 0.15) is 173 Å². The van der Waals surface area contributed by atoms with E-state index in [1.807, 2.05) is 24.3 Å². The fraction of sp³-hybridized carbons (Fsp3) is 0.704. The van der Waals surface area contributed by atoms with Gasteiger partial charge in [0.15, 0.2) is 0 Å². The number of carbonyl (C=O) groups excluding carboxylic acids is 2. The lowest BCUT2D eigenvalue weighted by Gasteiger charge is -2.49. The summed E-state index contributed by atoms with van der Waals surface area (Å²) in [6, 6.07) is 11.5. The van der Waals surface area contributed by atoms with Crippen LogP contribution in [0, 0.1) is 23.7 Å². The molecule has 0 aliphatic heterocycles. The SMILES string of the molecule is CCC1(CC)c2cc(C(N)=O)ccc2CC(OC)[C@H]1NCCC(CC1CCC(O)CC1)C(=O)O.CCC1(CC)c2cc(C(N)=O)ccc2CC(OC)[C@H]1NCCC(CC1CCC(O)CC1)C(=O)O. The molecule has 4 aliphatic carbocycles. The van der Waals surface area contributed by atoms with Gasteiger partial charge < -0.3 is 52.0 Å². The zero-order chi connectivity index (χ0) is 49.8. The molecule has 0 radical (unpaired) electrons. The summed E-state index contributed by atoms with van der Waals surface area (Å²) < 4.78 is 11.9. The van der Waals surface area contributed by atoms with Gasteiger partial charge in [0.2, 0.25) is 11.8 Å². The number of fused-ring (bicyclic) bond motifs is 2. The molecule has 2 amide bonds. The molecule has 2 fully saturated rings. The van der Waals surface area contributed by atoms with Crippen LogP contribution >= 0.6 is 0 Å². The molecule has 2 saturated carbocycles. The average Bonchev–Trinajstić information content (AvgIpc) is 3.33. The van der Waals surface area contributed by atoms with Crippen LogP contribution < -0.4 is 22.1 Å². The van der Waals surface area contributed by atoms with Gasteiger partial charge in [-0.25, -0.2) is 0 Å². The van der Waals surface area contributed by atoms with E-state index in [9.17, 15) is 39.6 Å². The molecule has 6 atom stereocenters. The van der Waals surface area contributed by atoms with Crippen LogP contribution in [0.5, 0.6) is 0 Å². The van der Waals surface area contributed by atoms with Gasteiger partial charge in [-0.3, -0.25) is 19.2 Å².